The first-order valence-corrected chi connectivity index (χ1v) is 12.2. The Hall–Kier alpha value is -1.42. The zero-order valence-electron chi connectivity index (χ0n) is 17.6. The highest BCUT2D eigenvalue weighted by Gasteiger charge is 2.39. The molecule has 3 nitrogen and oxygen atoms in total. The lowest BCUT2D eigenvalue weighted by molar-refractivity contribution is 0.172. The molecule has 0 unspecified atom stereocenters. The summed E-state index contributed by atoms with van der Waals surface area (Å²) >= 11 is 12.8. The minimum Gasteiger partial charge on any atom is -0.487 e. The van der Waals surface area contributed by atoms with Gasteiger partial charge in [0.1, 0.15) is 11.9 Å². The predicted octanol–water partition coefficient (Wildman–Crippen LogP) is 6.66. The van der Waals surface area contributed by atoms with E-state index < -0.39 is 0 Å². The number of hydrogen-bond donors (Lipinski definition) is 1. The van der Waals surface area contributed by atoms with Crippen molar-refractivity contribution >= 4 is 28.9 Å². The Morgan fingerprint density at radius 1 is 1.07 bits per heavy atom. The van der Waals surface area contributed by atoms with Crippen LogP contribution in [0.15, 0.2) is 30.3 Å². The van der Waals surface area contributed by atoms with Crippen molar-refractivity contribution in [2.24, 2.45) is 0 Å². The van der Waals surface area contributed by atoms with E-state index in [-0.39, 0.29) is 6.10 Å². The SMILES string of the molecule is CCN(c1cc(-c2ccc(Cl)cc2Cl)cc2c1O[C@H]1CCNC[C@@H]21)C1CCCCC1. The van der Waals surface area contributed by atoms with Gasteiger partial charge in [-0.15, -0.1) is 0 Å². The Balaban J connectivity index is 1.64. The molecule has 0 aromatic heterocycles. The van der Waals surface area contributed by atoms with E-state index in [9.17, 15) is 0 Å². The standard InChI is InChI=1S/C25H30Cl2N2O/c1-2-29(18-6-4-3-5-7-18)23-13-16(19-9-8-17(26)14-22(19)27)12-20-21-15-28-11-10-24(21)30-25(20)23/h8-9,12-14,18,21,24,28H,2-7,10-11,15H2,1H3/t21-,24-/m0/s1. The topological polar surface area (TPSA) is 24.5 Å². The number of nitrogens with zero attached hydrogens (tertiary/aromatic N) is 1. The second-order valence-corrected chi connectivity index (χ2v) is 9.71. The molecule has 1 aliphatic carbocycles. The zero-order valence-corrected chi connectivity index (χ0v) is 19.1. The lowest BCUT2D eigenvalue weighted by Crippen LogP contribution is -2.38. The molecule has 2 aromatic carbocycles. The molecule has 3 aliphatic rings. The summed E-state index contributed by atoms with van der Waals surface area (Å²) in [5, 5.41) is 4.93. The van der Waals surface area contributed by atoms with Crippen molar-refractivity contribution < 1.29 is 4.74 Å². The van der Waals surface area contributed by atoms with Crippen LogP contribution in [0.1, 0.15) is 56.9 Å². The average Bonchev–Trinajstić information content (AvgIpc) is 3.14. The normalized spacial score (nSPS) is 23.6. The van der Waals surface area contributed by atoms with Crippen LogP contribution in [-0.2, 0) is 0 Å². The summed E-state index contributed by atoms with van der Waals surface area (Å²) in [5.41, 5.74) is 4.78. The van der Waals surface area contributed by atoms with Gasteiger partial charge in [-0.05, 0) is 62.6 Å². The van der Waals surface area contributed by atoms with E-state index in [1.54, 1.807) is 0 Å². The number of anilines is 1. The summed E-state index contributed by atoms with van der Waals surface area (Å²) in [6.45, 7) is 5.27. The van der Waals surface area contributed by atoms with Gasteiger partial charge in [0.25, 0.3) is 0 Å². The minimum absolute atomic E-state index is 0.279. The van der Waals surface area contributed by atoms with Crippen LogP contribution < -0.4 is 15.0 Å². The zero-order chi connectivity index (χ0) is 20.7. The van der Waals surface area contributed by atoms with Crippen molar-refractivity contribution in [2.75, 3.05) is 24.5 Å². The molecule has 0 radical (unpaired) electrons. The smallest absolute Gasteiger partial charge is 0.146 e. The quantitative estimate of drug-likeness (QED) is 0.570. The van der Waals surface area contributed by atoms with Crippen LogP contribution in [0.2, 0.25) is 10.0 Å². The van der Waals surface area contributed by atoms with Gasteiger partial charge in [-0.3, -0.25) is 0 Å². The number of fused-ring (bicyclic) bond motifs is 3. The molecule has 2 aromatic rings. The molecule has 2 heterocycles. The van der Waals surface area contributed by atoms with Gasteiger partial charge in [0.2, 0.25) is 0 Å². The van der Waals surface area contributed by atoms with Crippen molar-refractivity contribution in [1.82, 2.24) is 5.32 Å². The predicted molar refractivity (Wildman–Crippen MR) is 126 cm³/mol. The molecule has 2 fully saturated rings. The van der Waals surface area contributed by atoms with Crippen molar-refractivity contribution in [1.29, 1.82) is 0 Å². The fourth-order valence-electron chi connectivity index (χ4n) is 5.59. The van der Waals surface area contributed by atoms with E-state index >= 15 is 0 Å². The van der Waals surface area contributed by atoms with E-state index in [1.165, 1.54) is 43.4 Å². The Morgan fingerprint density at radius 3 is 2.67 bits per heavy atom. The summed E-state index contributed by atoms with van der Waals surface area (Å²) in [5.74, 6) is 1.51. The molecular formula is C25H30Cl2N2O. The third kappa shape index (κ3) is 3.70. The first kappa shape index (κ1) is 20.5. The Bertz CT molecular complexity index is 926. The summed E-state index contributed by atoms with van der Waals surface area (Å²) in [6, 6.07) is 11.0. The highest BCUT2D eigenvalue weighted by Crippen LogP contribution is 2.50. The van der Waals surface area contributed by atoms with E-state index in [1.807, 2.05) is 18.2 Å². The van der Waals surface area contributed by atoms with Gasteiger partial charge in [-0.1, -0.05) is 48.5 Å². The van der Waals surface area contributed by atoms with Crippen LogP contribution in [0, 0.1) is 0 Å². The largest absolute Gasteiger partial charge is 0.487 e. The number of nitrogens with one attached hydrogen (secondary N) is 1. The minimum atomic E-state index is 0.279. The molecule has 0 amide bonds. The summed E-state index contributed by atoms with van der Waals surface area (Å²) in [7, 11) is 0. The lowest BCUT2D eigenvalue weighted by atomic mass is 9.88. The molecule has 160 valence electrons. The Morgan fingerprint density at radius 2 is 1.90 bits per heavy atom. The van der Waals surface area contributed by atoms with Crippen molar-refractivity contribution in [3.8, 4) is 16.9 Å². The third-order valence-electron chi connectivity index (χ3n) is 7.09. The molecule has 2 aliphatic heterocycles. The maximum Gasteiger partial charge on any atom is 0.146 e. The Kier molecular flexibility index (Phi) is 5.88. The second kappa shape index (κ2) is 8.61. The summed E-state index contributed by atoms with van der Waals surface area (Å²) < 4.78 is 6.62. The van der Waals surface area contributed by atoms with E-state index in [2.05, 4.69) is 29.3 Å². The molecule has 0 bridgehead atoms. The van der Waals surface area contributed by atoms with Gasteiger partial charge < -0.3 is 15.0 Å². The molecule has 30 heavy (non-hydrogen) atoms. The van der Waals surface area contributed by atoms with Crippen molar-refractivity contribution in [3.05, 3.63) is 45.9 Å². The van der Waals surface area contributed by atoms with Gasteiger partial charge in [0, 0.05) is 46.2 Å². The molecule has 5 rings (SSSR count). The average molecular weight is 445 g/mol. The second-order valence-electron chi connectivity index (χ2n) is 8.87. The van der Waals surface area contributed by atoms with Crippen LogP contribution in [-0.4, -0.2) is 31.8 Å². The van der Waals surface area contributed by atoms with Gasteiger partial charge in [-0.25, -0.2) is 0 Å². The first-order valence-electron chi connectivity index (χ1n) is 11.4. The number of rotatable bonds is 4. The fourth-order valence-corrected chi connectivity index (χ4v) is 6.10. The van der Waals surface area contributed by atoms with Crippen LogP contribution in [0.3, 0.4) is 0 Å². The van der Waals surface area contributed by atoms with Gasteiger partial charge in [-0.2, -0.15) is 0 Å². The molecule has 5 heteroatoms. The molecule has 0 spiro atoms. The van der Waals surface area contributed by atoms with Crippen LogP contribution in [0.5, 0.6) is 5.75 Å². The van der Waals surface area contributed by atoms with E-state index in [0.717, 1.165) is 42.9 Å². The number of halogens is 2. The van der Waals surface area contributed by atoms with Gasteiger partial charge >= 0.3 is 0 Å². The fraction of sp³-hybridized carbons (Fsp3) is 0.520. The maximum absolute atomic E-state index is 6.63. The van der Waals surface area contributed by atoms with Gasteiger partial charge in [0.05, 0.1) is 5.69 Å². The van der Waals surface area contributed by atoms with Crippen LogP contribution in [0.25, 0.3) is 11.1 Å². The Labute approximate surface area is 189 Å². The van der Waals surface area contributed by atoms with Crippen molar-refractivity contribution in [2.45, 2.75) is 63.5 Å². The lowest BCUT2D eigenvalue weighted by Gasteiger charge is -2.36. The van der Waals surface area contributed by atoms with E-state index in [0.29, 0.717) is 22.0 Å². The number of ether oxygens (including phenoxy) is 1. The van der Waals surface area contributed by atoms with Crippen LogP contribution in [0.4, 0.5) is 5.69 Å². The molecular weight excluding hydrogens is 415 g/mol. The van der Waals surface area contributed by atoms with Crippen LogP contribution >= 0.6 is 23.2 Å². The first-order chi connectivity index (χ1) is 14.7. The summed E-state index contributed by atoms with van der Waals surface area (Å²) in [4.78, 5) is 2.59. The monoisotopic (exact) mass is 444 g/mol. The number of benzene rings is 2. The maximum atomic E-state index is 6.63. The molecule has 1 N–H and O–H groups in total. The molecule has 2 atom stereocenters. The number of piperidine rings is 1. The summed E-state index contributed by atoms with van der Waals surface area (Å²) in [6.07, 6.45) is 7.88. The van der Waals surface area contributed by atoms with Crippen molar-refractivity contribution in [3.63, 3.8) is 0 Å². The third-order valence-corrected chi connectivity index (χ3v) is 7.64. The van der Waals surface area contributed by atoms with Gasteiger partial charge in [0.15, 0.2) is 0 Å². The van der Waals surface area contributed by atoms with E-state index in [4.69, 9.17) is 27.9 Å². The number of hydrogen-bond acceptors (Lipinski definition) is 3. The highest BCUT2D eigenvalue weighted by molar-refractivity contribution is 6.36. The molecule has 1 saturated heterocycles. The molecule has 1 saturated carbocycles. The highest BCUT2D eigenvalue weighted by atomic mass is 35.5.